The molecule has 3 heteroatoms. The Kier molecular flexibility index (Phi) is 4.61. The van der Waals surface area contributed by atoms with Crippen LogP contribution in [0.3, 0.4) is 0 Å². The summed E-state index contributed by atoms with van der Waals surface area (Å²) in [6, 6.07) is 10.6. The van der Waals surface area contributed by atoms with Crippen molar-refractivity contribution < 1.29 is 9.18 Å². The number of hydrogen-bond acceptors (Lipinski definition) is 2. The van der Waals surface area contributed by atoms with Crippen LogP contribution >= 0.6 is 11.8 Å². The summed E-state index contributed by atoms with van der Waals surface area (Å²) >= 11 is 1.40. The monoisotopic (exact) mass is 288 g/mol. The van der Waals surface area contributed by atoms with Crippen LogP contribution in [0.1, 0.15) is 27.0 Å². The number of benzene rings is 2. The van der Waals surface area contributed by atoms with Crippen LogP contribution in [-0.4, -0.2) is 12.0 Å². The number of halogens is 1. The minimum absolute atomic E-state index is 0.0180. The zero-order valence-corrected chi connectivity index (χ0v) is 12.7. The van der Waals surface area contributed by atoms with Crippen molar-refractivity contribution in [2.24, 2.45) is 0 Å². The maximum atomic E-state index is 14.0. The average Bonchev–Trinajstić information content (AvgIpc) is 2.46. The van der Waals surface area contributed by atoms with Gasteiger partial charge in [-0.15, -0.1) is 11.8 Å². The van der Waals surface area contributed by atoms with Crippen LogP contribution in [0.4, 0.5) is 4.39 Å². The molecule has 2 aromatic rings. The highest BCUT2D eigenvalue weighted by Gasteiger charge is 2.15. The smallest absolute Gasteiger partial charge is 0.167 e. The fraction of sp³-hybridized carbons (Fsp3) is 0.235. The van der Waals surface area contributed by atoms with Crippen LogP contribution in [0.15, 0.2) is 41.3 Å². The minimum Gasteiger partial charge on any atom is -0.294 e. The number of carbonyl (C=O) groups is 1. The third kappa shape index (κ3) is 2.93. The molecule has 2 aromatic carbocycles. The molecule has 0 radical (unpaired) electrons. The molecule has 104 valence electrons. The SMILES string of the molecule is CSc1c(F)cc(CC(=O)c2ccccc2)c(C)c1C. The Morgan fingerprint density at radius 3 is 2.40 bits per heavy atom. The number of rotatable bonds is 4. The molecule has 0 saturated heterocycles. The third-order valence-electron chi connectivity index (χ3n) is 3.55. The molecule has 0 aliphatic carbocycles. The Balaban J connectivity index is 2.33. The molecule has 2 rings (SSSR count). The topological polar surface area (TPSA) is 17.1 Å². The molecule has 1 nitrogen and oxygen atoms in total. The van der Waals surface area contributed by atoms with Crippen LogP contribution in [0.2, 0.25) is 0 Å². The summed E-state index contributed by atoms with van der Waals surface area (Å²) in [6.07, 6.45) is 2.10. The van der Waals surface area contributed by atoms with Crippen molar-refractivity contribution in [3.63, 3.8) is 0 Å². The summed E-state index contributed by atoms with van der Waals surface area (Å²) in [7, 11) is 0. The lowest BCUT2D eigenvalue weighted by molar-refractivity contribution is 0.0992. The van der Waals surface area contributed by atoms with Gasteiger partial charge in [0.05, 0.1) is 0 Å². The zero-order chi connectivity index (χ0) is 14.7. The van der Waals surface area contributed by atoms with E-state index >= 15 is 0 Å². The molecule has 0 spiro atoms. The van der Waals surface area contributed by atoms with Crippen molar-refractivity contribution >= 4 is 17.5 Å². The number of hydrogen-bond donors (Lipinski definition) is 0. The third-order valence-corrected chi connectivity index (χ3v) is 4.46. The molecular weight excluding hydrogens is 271 g/mol. The van der Waals surface area contributed by atoms with E-state index in [1.807, 2.05) is 38.3 Å². The Morgan fingerprint density at radius 1 is 1.15 bits per heavy atom. The van der Waals surface area contributed by atoms with Crippen LogP contribution in [0.5, 0.6) is 0 Å². The van der Waals surface area contributed by atoms with Crippen molar-refractivity contribution in [1.29, 1.82) is 0 Å². The van der Waals surface area contributed by atoms with Crippen molar-refractivity contribution in [1.82, 2.24) is 0 Å². The molecular formula is C17H17FOS. The van der Waals surface area contributed by atoms with Crippen LogP contribution in [0.25, 0.3) is 0 Å². The summed E-state index contributed by atoms with van der Waals surface area (Å²) < 4.78 is 14.0. The Hall–Kier alpha value is -1.61. The molecule has 0 saturated carbocycles. The van der Waals surface area contributed by atoms with Crippen molar-refractivity contribution in [2.75, 3.05) is 6.26 Å². The Morgan fingerprint density at radius 2 is 1.80 bits per heavy atom. The number of thioether (sulfide) groups is 1. The van der Waals surface area contributed by atoms with E-state index in [1.54, 1.807) is 12.1 Å². The molecule has 0 aromatic heterocycles. The first-order chi connectivity index (χ1) is 9.54. The van der Waals surface area contributed by atoms with E-state index < -0.39 is 0 Å². The normalized spacial score (nSPS) is 10.6. The number of ketones is 1. The average molecular weight is 288 g/mol. The van der Waals surface area contributed by atoms with Crippen molar-refractivity contribution in [3.05, 3.63) is 64.5 Å². The van der Waals surface area contributed by atoms with Crippen LogP contribution < -0.4 is 0 Å². The lowest BCUT2D eigenvalue weighted by Gasteiger charge is -2.13. The second kappa shape index (κ2) is 6.23. The highest BCUT2D eigenvalue weighted by Crippen LogP contribution is 2.29. The van der Waals surface area contributed by atoms with E-state index in [1.165, 1.54) is 17.8 Å². The van der Waals surface area contributed by atoms with Crippen molar-refractivity contribution in [2.45, 2.75) is 25.2 Å². The van der Waals surface area contributed by atoms with Gasteiger partial charge in [0.1, 0.15) is 5.82 Å². The lowest BCUT2D eigenvalue weighted by atomic mass is 9.96. The number of Topliss-reactive ketones (excluding diaryl/α,β-unsaturated/α-hetero) is 1. The van der Waals surface area contributed by atoms with Gasteiger partial charge in [0, 0.05) is 16.9 Å². The van der Waals surface area contributed by atoms with E-state index in [2.05, 4.69) is 0 Å². The molecule has 0 amide bonds. The molecule has 0 heterocycles. The van der Waals surface area contributed by atoms with Gasteiger partial charge < -0.3 is 0 Å². The fourth-order valence-electron chi connectivity index (χ4n) is 2.25. The van der Waals surface area contributed by atoms with Gasteiger partial charge in [0.25, 0.3) is 0 Å². The van der Waals surface area contributed by atoms with Gasteiger partial charge in [-0.1, -0.05) is 30.3 Å². The largest absolute Gasteiger partial charge is 0.294 e. The van der Waals surface area contributed by atoms with E-state index in [4.69, 9.17) is 0 Å². The molecule has 0 atom stereocenters. The summed E-state index contributed by atoms with van der Waals surface area (Å²) in [4.78, 5) is 12.9. The minimum atomic E-state index is -0.239. The molecule has 0 fully saturated rings. The standard InChI is InChI=1S/C17H17FOS/c1-11-12(2)17(20-3)15(18)9-14(11)10-16(19)13-7-5-4-6-8-13/h4-9H,10H2,1-3H3. The van der Waals surface area contributed by atoms with Gasteiger partial charge >= 0.3 is 0 Å². The van der Waals surface area contributed by atoms with Gasteiger partial charge in [-0.3, -0.25) is 4.79 Å². The number of carbonyl (C=O) groups excluding carboxylic acids is 1. The van der Waals surface area contributed by atoms with E-state index in [0.29, 0.717) is 10.5 Å². The predicted octanol–water partition coefficient (Wildman–Crippen LogP) is 4.59. The first kappa shape index (κ1) is 14.8. The molecule has 0 aliphatic heterocycles. The van der Waals surface area contributed by atoms with Gasteiger partial charge in [-0.2, -0.15) is 0 Å². The highest BCUT2D eigenvalue weighted by molar-refractivity contribution is 7.98. The molecule has 0 aliphatic rings. The van der Waals surface area contributed by atoms with E-state index in [0.717, 1.165) is 16.7 Å². The first-order valence-electron chi connectivity index (χ1n) is 6.45. The van der Waals surface area contributed by atoms with Gasteiger partial charge in [0.2, 0.25) is 0 Å². The predicted molar refractivity (Wildman–Crippen MR) is 82.1 cm³/mol. The lowest BCUT2D eigenvalue weighted by Crippen LogP contribution is -2.07. The van der Waals surface area contributed by atoms with Gasteiger partial charge in [-0.05, 0) is 42.9 Å². The van der Waals surface area contributed by atoms with Gasteiger partial charge in [-0.25, -0.2) is 4.39 Å². The Bertz CT molecular complexity index is 635. The van der Waals surface area contributed by atoms with Crippen molar-refractivity contribution in [3.8, 4) is 0 Å². The maximum absolute atomic E-state index is 14.0. The van der Waals surface area contributed by atoms with Crippen LogP contribution in [0, 0.1) is 19.7 Å². The summed E-state index contributed by atoms with van der Waals surface area (Å²) in [5, 5.41) is 0. The Labute approximate surface area is 123 Å². The molecule has 0 unspecified atom stereocenters. The summed E-state index contributed by atoms with van der Waals surface area (Å²) in [5.74, 6) is -0.221. The molecule has 0 N–H and O–H groups in total. The quantitative estimate of drug-likeness (QED) is 0.604. The molecule has 0 bridgehead atoms. The highest BCUT2D eigenvalue weighted by atomic mass is 32.2. The second-order valence-electron chi connectivity index (χ2n) is 4.77. The first-order valence-corrected chi connectivity index (χ1v) is 7.68. The molecule has 20 heavy (non-hydrogen) atoms. The van der Waals surface area contributed by atoms with E-state index in [-0.39, 0.29) is 18.0 Å². The van der Waals surface area contributed by atoms with Crippen LogP contribution in [-0.2, 0) is 6.42 Å². The zero-order valence-electron chi connectivity index (χ0n) is 11.9. The van der Waals surface area contributed by atoms with Gasteiger partial charge in [0.15, 0.2) is 5.78 Å². The fourth-order valence-corrected chi connectivity index (χ4v) is 2.96. The second-order valence-corrected chi connectivity index (χ2v) is 5.58. The summed E-state index contributed by atoms with van der Waals surface area (Å²) in [6.45, 7) is 3.85. The maximum Gasteiger partial charge on any atom is 0.167 e. The summed E-state index contributed by atoms with van der Waals surface area (Å²) in [5.41, 5.74) is 3.36. The van der Waals surface area contributed by atoms with E-state index in [9.17, 15) is 9.18 Å².